The molecular formula is C18H19N5O. The number of nitrogens with one attached hydrogen (secondary N) is 1. The minimum atomic E-state index is -0.442. The summed E-state index contributed by atoms with van der Waals surface area (Å²) < 4.78 is 0. The molecule has 0 saturated carbocycles. The maximum absolute atomic E-state index is 13.0. The Bertz CT molecular complexity index is 846. The zero-order valence-electron chi connectivity index (χ0n) is 13.9. The third-order valence-corrected chi connectivity index (χ3v) is 4.96. The fourth-order valence-corrected chi connectivity index (χ4v) is 3.49. The number of aromatic amines is 1. The smallest absolute Gasteiger partial charge is 0.238 e. The van der Waals surface area contributed by atoms with Crippen LogP contribution < -0.4 is 4.90 Å². The van der Waals surface area contributed by atoms with Gasteiger partial charge in [-0.05, 0) is 25.0 Å². The van der Waals surface area contributed by atoms with E-state index < -0.39 is 5.41 Å². The second-order valence-corrected chi connectivity index (χ2v) is 6.84. The van der Waals surface area contributed by atoms with E-state index in [0.717, 1.165) is 29.1 Å². The number of carbonyl (C=O) groups is 1. The summed E-state index contributed by atoms with van der Waals surface area (Å²) in [6, 6.07) is 1.82. The normalized spacial score (nSPS) is 22.2. The number of anilines is 1. The lowest BCUT2D eigenvalue weighted by Crippen LogP contribution is -2.31. The van der Waals surface area contributed by atoms with Crippen LogP contribution in [0, 0.1) is 18.3 Å². The number of hydrogen-bond acceptors (Lipinski definition) is 4. The van der Waals surface area contributed by atoms with E-state index in [1.807, 2.05) is 39.2 Å². The van der Waals surface area contributed by atoms with Gasteiger partial charge in [0.25, 0.3) is 0 Å². The van der Waals surface area contributed by atoms with Crippen LogP contribution in [0.15, 0.2) is 42.5 Å². The molecule has 1 unspecified atom stereocenters. The lowest BCUT2D eigenvalue weighted by molar-refractivity contribution is -0.125. The van der Waals surface area contributed by atoms with Crippen LogP contribution in [0.4, 0.5) is 5.82 Å². The van der Waals surface area contributed by atoms with Crippen molar-refractivity contribution in [2.45, 2.75) is 27.2 Å². The molecule has 1 N–H and O–H groups in total. The van der Waals surface area contributed by atoms with Crippen molar-refractivity contribution in [2.75, 3.05) is 4.90 Å². The van der Waals surface area contributed by atoms with Gasteiger partial charge in [0, 0.05) is 35.6 Å². The van der Waals surface area contributed by atoms with Crippen molar-refractivity contribution < 1.29 is 4.79 Å². The van der Waals surface area contributed by atoms with Crippen LogP contribution in [0.3, 0.4) is 0 Å². The van der Waals surface area contributed by atoms with Gasteiger partial charge >= 0.3 is 0 Å². The van der Waals surface area contributed by atoms with Crippen molar-refractivity contribution in [2.24, 2.45) is 11.3 Å². The Hall–Kier alpha value is -2.76. The van der Waals surface area contributed by atoms with Gasteiger partial charge in [-0.1, -0.05) is 19.9 Å². The molecule has 6 heteroatoms. The number of nitrogens with zero attached hydrogens (tertiary/aromatic N) is 4. The van der Waals surface area contributed by atoms with Crippen LogP contribution >= 0.6 is 0 Å². The first-order valence-corrected chi connectivity index (χ1v) is 8.03. The van der Waals surface area contributed by atoms with Crippen LogP contribution in [0.2, 0.25) is 0 Å². The molecule has 1 saturated heterocycles. The lowest BCUT2D eigenvalue weighted by Gasteiger charge is -2.25. The van der Waals surface area contributed by atoms with Crippen molar-refractivity contribution >= 4 is 17.3 Å². The summed E-state index contributed by atoms with van der Waals surface area (Å²) in [6.45, 7) is 5.89. The first-order valence-electron chi connectivity index (χ1n) is 8.03. The molecule has 4 rings (SSSR count). The second kappa shape index (κ2) is 5.12. The summed E-state index contributed by atoms with van der Waals surface area (Å²) in [5.74, 6) is 1.71. The van der Waals surface area contributed by atoms with Crippen molar-refractivity contribution in [3.63, 3.8) is 0 Å². The monoisotopic (exact) mass is 321 g/mol. The number of carbonyl (C=O) groups excluding carboxylic acids is 1. The number of aromatic nitrogens is 4. The van der Waals surface area contributed by atoms with Gasteiger partial charge < -0.3 is 0 Å². The van der Waals surface area contributed by atoms with Gasteiger partial charge in [-0.3, -0.25) is 14.8 Å². The van der Waals surface area contributed by atoms with Crippen LogP contribution in [0.5, 0.6) is 0 Å². The quantitative estimate of drug-likeness (QED) is 0.923. The van der Waals surface area contributed by atoms with Gasteiger partial charge in [0.1, 0.15) is 11.6 Å². The van der Waals surface area contributed by atoms with E-state index in [2.05, 4.69) is 32.3 Å². The molecule has 3 heterocycles. The summed E-state index contributed by atoms with van der Waals surface area (Å²) in [7, 11) is 0. The highest BCUT2D eigenvalue weighted by atomic mass is 16.2. The maximum atomic E-state index is 13.0. The topological polar surface area (TPSA) is 74.8 Å². The molecule has 122 valence electrons. The molecule has 0 spiro atoms. The summed E-state index contributed by atoms with van der Waals surface area (Å²) >= 11 is 0. The first kappa shape index (κ1) is 14.8. The Morgan fingerprint density at radius 1 is 1.29 bits per heavy atom. The summed E-state index contributed by atoms with van der Waals surface area (Å²) in [6.07, 6.45) is 10.4. The van der Waals surface area contributed by atoms with Gasteiger partial charge in [0.2, 0.25) is 5.91 Å². The van der Waals surface area contributed by atoms with Gasteiger partial charge in [-0.15, -0.1) is 0 Å². The molecule has 2 aliphatic rings. The highest BCUT2D eigenvalue weighted by Crippen LogP contribution is 2.49. The molecule has 24 heavy (non-hydrogen) atoms. The van der Waals surface area contributed by atoms with E-state index in [-0.39, 0.29) is 11.8 Å². The van der Waals surface area contributed by atoms with E-state index in [0.29, 0.717) is 5.82 Å². The Labute approximate surface area is 140 Å². The van der Waals surface area contributed by atoms with Crippen LogP contribution in [0.1, 0.15) is 31.7 Å². The van der Waals surface area contributed by atoms with Crippen LogP contribution in [0.25, 0.3) is 5.57 Å². The van der Waals surface area contributed by atoms with Crippen molar-refractivity contribution in [1.29, 1.82) is 0 Å². The van der Waals surface area contributed by atoms with Crippen molar-refractivity contribution in [1.82, 2.24) is 20.2 Å². The van der Waals surface area contributed by atoms with Crippen molar-refractivity contribution in [3.8, 4) is 0 Å². The molecule has 1 aliphatic carbocycles. The number of allylic oxidation sites excluding steroid dienone is 4. The molecule has 6 nitrogen and oxygen atoms in total. The van der Waals surface area contributed by atoms with E-state index in [9.17, 15) is 4.79 Å². The second-order valence-electron chi connectivity index (χ2n) is 6.84. The number of H-pyrrole nitrogens is 1. The van der Waals surface area contributed by atoms with Crippen LogP contribution in [-0.2, 0) is 4.79 Å². The van der Waals surface area contributed by atoms with E-state index >= 15 is 0 Å². The van der Waals surface area contributed by atoms with E-state index in [1.54, 1.807) is 11.1 Å². The predicted molar refractivity (Wildman–Crippen MR) is 90.8 cm³/mol. The highest BCUT2D eigenvalue weighted by Gasteiger charge is 2.51. The summed E-state index contributed by atoms with van der Waals surface area (Å²) in [5.41, 5.74) is 2.58. The third-order valence-electron chi connectivity index (χ3n) is 4.96. The average molecular weight is 321 g/mol. The van der Waals surface area contributed by atoms with Gasteiger partial charge in [-0.25, -0.2) is 9.97 Å². The Kier molecular flexibility index (Phi) is 3.16. The van der Waals surface area contributed by atoms with Crippen LogP contribution in [-0.4, -0.2) is 26.1 Å². The zero-order valence-corrected chi connectivity index (χ0v) is 13.9. The third kappa shape index (κ3) is 2.10. The molecule has 1 amide bonds. The predicted octanol–water partition coefficient (Wildman–Crippen LogP) is 2.87. The maximum Gasteiger partial charge on any atom is 0.238 e. The lowest BCUT2D eigenvalue weighted by atomic mass is 9.75. The number of aryl methyl sites for hydroxylation is 1. The minimum Gasteiger partial charge on any atom is -0.273 e. The van der Waals surface area contributed by atoms with E-state index in [1.165, 1.54) is 0 Å². The molecule has 2 aromatic heterocycles. The number of amides is 1. The fraction of sp³-hybridized carbons (Fsp3) is 0.333. The Morgan fingerprint density at radius 3 is 2.71 bits per heavy atom. The SMILES string of the molecule is Cc1ncc(C2=CCC3C(=C2)N(c2ccn[nH]2)C(=O)C3(C)C)cn1. The number of hydrogen-bond donors (Lipinski definition) is 1. The number of rotatable bonds is 2. The Morgan fingerprint density at radius 2 is 2.04 bits per heavy atom. The largest absolute Gasteiger partial charge is 0.273 e. The van der Waals surface area contributed by atoms with Crippen molar-refractivity contribution in [3.05, 3.63) is 53.9 Å². The molecule has 0 bridgehead atoms. The molecule has 1 aliphatic heterocycles. The van der Waals surface area contributed by atoms with E-state index in [4.69, 9.17) is 0 Å². The Balaban J connectivity index is 1.79. The highest BCUT2D eigenvalue weighted by molar-refractivity contribution is 6.04. The zero-order chi connectivity index (χ0) is 16.9. The first-order chi connectivity index (χ1) is 11.5. The molecular weight excluding hydrogens is 302 g/mol. The molecule has 1 atom stereocenters. The minimum absolute atomic E-state index is 0.0952. The summed E-state index contributed by atoms with van der Waals surface area (Å²) in [5, 5.41) is 6.91. The molecule has 2 aromatic rings. The molecule has 0 radical (unpaired) electrons. The number of fused-ring (bicyclic) bond motifs is 1. The van der Waals surface area contributed by atoms with Gasteiger partial charge in [-0.2, -0.15) is 5.10 Å². The van der Waals surface area contributed by atoms with Gasteiger partial charge in [0.05, 0.1) is 11.6 Å². The molecule has 1 fully saturated rings. The standard InChI is InChI=1S/C18H19N5O/c1-11-19-9-13(10-20-11)12-4-5-14-15(8-12)23(16-6-7-21-22-16)17(24)18(14,2)3/h4,6-10,14H,5H2,1-3H3,(H,21,22). The fourth-order valence-electron chi connectivity index (χ4n) is 3.49. The average Bonchev–Trinajstić information content (AvgIpc) is 3.15. The van der Waals surface area contributed by atoms with Gasteiger partial charge in [0.15, 0.2) is 0 Å². The summed E-state index contributed by atoms with van der Waals surface area (Å²) in [4.78, 5) is 23.3. The molecule has 0 aromatic carbocycles.